The second-order valence-electron chi connectivity index (χ2n) is 24.7. The smallest absolute Gasteiger partial charge is 0.318 e. The minimum Gasteiger partial charge on any atom is -0.462 e. The van der Waals surface area contributed by atoms with E-state index in [1.807, 2.05) is 0 Å². The molecule has 4 fully saturated rings. The third-order valence-electron chi connectivity index (χ3n) is 19.3. The van der Waals surface area contributed by atoms with Crippen molar-refractivity contribution < 1.29 is 23.5 Å². The topological polar surface area (TPSA) is 178 Å². The number of carbonyl (C=O) groups is 2. The molecule has 6 aliphatic rings. The Kier molecular flexibility index (Phi) is 17.3. The zero-order valence-corrected chi connectivity index (χ0v) is 50.8. The molecule has 87 heavy (non-hydrogen) atoms. The van der Waals surface area contributed by atoms with Gasteiger partial charge in [-0.3, -0.25) is 14.5 Å². The van der Waals surface area contributed by atoms with Crippen LogP contribution in [0.25, 0.3) is 21.5 Å². The van der Waals surface area contributed by atoms with Crippen LogP contribution in [0, 0.1) is 36.5 Å². The molecule has 0 radical (unpaired) electrons. The van der Waals surface area contributed by atoms with E-state index in [4.69, 9.17) is 29.4 Å². The van der Waals surface area contributed by atoms with Gasteiger partial charge in [-0.05, 0) is 125 Å². The molecule has 0 aliphatic carbocycles. The van der Waals surface area contributed by atoms with E-state index in [2.05, 4.69) is 149 Å². The molecule has 452 valence electrons. The monoisotopic (exact) mass is 1170 g/mol. The summed E-state index contributed by atoms with van der Waals surface area (Å²) in [7, 11) is 4.32. The van der Waals surface area contributed by atoms with E-state index in [0.717, 1.165) is 111 Å². The summed E-state index contributed by atoms with van der Waals surface area (Å²) in [6.45, 7) is 19.3. The third kappa shape index (κ3) is 12.0. The van der Waals surface area contributed by atoms with Gasteiger partial charge in [0.1, 0.15) is 24.8 Å². The number of amides is 2. The van der Waals surface area contributed by atoms with Gasteiger partial charge in [-0.25, -0.2) is 4.39 Å². The lowest BCUT2D eigenvalue weighted by atomic mass is 9.88. The van der Waals surface area contributed by atoms with Gasteiger partial charge in [0.2, 0.25) is 5.91 Å². The molecule has 6 aromatic rings. The Morgan fingerprint density at radius 2 is 1.29 bits per heavy atom. The fourth-order valence-corrected chi connectivity index (χ4v) is 14.8. The van der Waals surface area contributed by atoms with E-state index >= 15 is 0 Å². The van der Waals surface area contributed by atoms with Crippen LogP contribution in [0.2, 0.25) is 0 Å². The molecule has 4 aromatic carbocycles. The summed E-state index contributed by atoms with van der Waals surface area (Å²) in [4.78, 5) is 64.2. The molecule has 18 nitrogen and oxygen atoms in total. The normalized spacial score (nSPS) is 21.9. The standard InChI is InChI=1S/C68H79FN14O4/c1-7-61(84)82-33-31-80(38-50(82)24-26-70)65-56-22-14-30-79(41-59(56)73-67(74-65)86-42-52-19-12-28-76(52)5)63-45(3)57(36-48-16-8-9-20-54(48)63)49-35-53(77(6)37-49)43-87-68-72-58-40-78(60-23-11-18-47-17-10-15-44(2)62(47)60)29-13-21-55(58)64(75-68)81-32-34-83(66(85)46(4)69)51(39-81)25-27-71/h7-11,15-18,20,23,36,49-53H,1,4,12-14,19,21-22,24-25,28-35,37-43H2,2-3,5-6H3/t49?,50-,51-,52-,53-/m0/s1. The zero-order valence-electron chi connectivity index (χ0n) is 50.8. The summed E-state index contributed by atoms with van der Waals surface area (Å²) in [6, 6.07) is 28.7. The average Bonchev–Trinajstić information content (AvgIpc) is 2.24. The molecule has 12 rings (SSSR count). The first-order valence-corrected chi connectivity index (χ1v) is 31.1. The van der Waals surface area contributed by atoms with Gasteiger partial charge in [-0.1, -0.05) is 73.8 Å². The van der Waals surface area contributed by atoms with E-state index in [0.29, 0.717) is 65.0 Å². The number of rotatable bonds is 15. The van der Waals surface area contributed by atoms with Crippen molar-refractivity contribution in [1.82, 2.24) is 39.5 Å². The highest BCUT2D eigenvalue weighted by molar-refractivity contribution is 5.98. The van der Waals surface area contributed by atoms with Crippen molar-refractivity contribution in [1.29, 1.82) is 10.5 Å². The minimum atomic E-state index is -1.03. The van der Waals surface area contributed by atoms with Crippen molar-refractivity contribution in [3.05, 3.63) is 131 Å². The maximum absolute atomic E-state index is 14.4. The number of hydrogen-bond donors (Lipinski definition) is 0. The van der Waals surface area contributed by atoms with Crippen LogP contribution in [-0.4, -0.2) is 168 Å². The summed E-state index contributed by atoms with van der Waals surface area (Å²) < 4.78 is 27.8. The number of nitrogens with zero attached hydrogens (tertiary/aromatic N) is 14. The van der Waals surface area contributed by atoms with Gasteiger partial charge in [0.15, 0.2) is 5.83 Å². The van der Waals surface area contributed by atoms with Crippen molar-refractivity contribution in [2.45, 2.75) is 115 Å². The highest BCUT2D eigenvalue weighted by Crippen LogP contribution is 2.43. The van der Waals surface area contributed by atoms with Crippen molar-refractivity contribution >= 4 is 56.4 Å². The fourth-order valence-electron chi connectivity index (χ4n) is 14.8. The van der Waals surface area contributed by atoms with Crippen molar-refractivity contribution in [3.63, 3.8) is 0 Å². The molecule has 19 heteroatoms. The van der Waals surface area contributed by atoms with E-state index in [1.165, 1.54) is 54.9 Å². The van der Waals surface area contributed by atoms with Gasteiger partial charge in [0.05, 0.1) is 61.5 Å². The molecule has 0 saturated carbocycles. The molecule has 2 amide bonds. The predicted molar refractivity (Wildman–Crippen MR) is 337 cm³/mol. The number of fused-ring (bicyclic) bond motifs is 4. The first kappa shape index (κ1) is 59.0. The molecule has 0 bridgehead atoms. The summed E-state index contributed by atoms with van der Waals surface area (Å²) in [5.41, 5.74) is 10.0. The quantitative estimate of drug-likeness (QED) is 0.0889. The van der Waals surface area contributed by atoms with Crippen molar-refractivity contribution in [3.8, 4) is 24.2 Å². The number of ether oxygens (including phenoxy) is 2. The van der Waals surface area contributed by atoms with E-state index in [-0.39, 0.29) is 55.3 Å². The SMILES string of the molecule is C=CC(=O)N1CCN(c2nc(OC[C@@H]3CCCN3C)nc3c2CCCN(c2c(C)c(C4C[C@@H](COc5nc6c(c(N7CCN(C(=O)C(=C)F)[C@@H](CC#N)C7)n5)CCCN(c5cccc7cccc(C)c57)C6)N(C)C4)cc4ccccc24)C3)C[C@@H]1CC#N. The third-order valence-corrected chi connectivity index (χ3v) is 19.3. The van der Waals surface area contributed by atoms with Gasteiger partial charge in [-0.2, -0.15) is 30.5 Å². The molecular formula is C68H79FN14O4. The van der Waals surface area contributed by atoms with Gasteiger partial charge in [0, 0.05) is 104 Å². The Balaban J connectivity index is 0.834. The number of likely N-dealkylation sites (N-methyl/N-ethyl adjacent to an activating group) is 2. The highest BCUT2D eigenvalue weighted by Gasteiger charge is 2.38. The summed E-state index contributed by atoms with van der Waals surface area (Å²) in [5, 5.41) is 24.6. The number of nitriles is 2. The zero-order chi connectivity index (χ0) is 60.5. The van der Waals surface area contributed by atoms with Gasteiger partial charge < -0.3 is 43.8 Å². The number of benzene rings is 4. The number of piperazine rings is 2. The number of likely N-dealkylation sites (tertiary alicyclic amines) is 2. The predicted octanol–water partition coefficient (Wildman–Crippen LogP) is 8.97. The summed E-state index contributed by atoms with van der Waals surface area (Å²) >= 11 is 0. The molecular weight excluding hydrogens is 1100 g/mol. The maximum atomic E-state index is 14.4. The number of hydrogen-bond acceptors (Lipinski definition) is 16. The molecule has 6 aliphatic heterocycles. The van der Waals surface area contributed by atoms with Crippen LogP contribution >= 0.6 is 0 Å². The lowest BCUT2D eigenvalue weighted by Gasteiger charge is -2.41. The first-order valence-electron chi connectivity index (χ1n) is 31.1. The van der Waals surface area contributed by atoms with Crippen molar-refractivity contribution in [2.75, 3.05) is 112 Å². The molecule has 5 atom stereocenters. The van der Waals surface area contributed by atoms with Gasteiger partial charge >= 0.3 is 12.0 Å². The summed E-state index contributed by atoms with van der Waals surface area (Å²) in [5.74, 6) is -0.224. The highest BCUT2D eigenvalue weighted by atomic mass is 19.1. The van der Waals surface area contributed by atoms with E-state index in [1.54, 1.807) is 4.90 Å². The fraction of sp³-hybridized carbons (Fsp3) is 0.471. The number of aromatic nitrogens is 4. The lowest BCUT2D eigenvalue weighted by Crippen LogP contribution is -2.55. The first-order chi connectivity index (χ1) is 42.3. The van der Waals surface area contributed by atoms with Crippen LogP contribution in [0.5, 0.6) is 12.0 Å². The van der Waals surface area contributed by atoms with Crippen LogP contribution in [-0.2, 0) is 35.5 Å². The average molecular weight is 1180 g/mol. The number of carbonyl (C=O) groups excluding carboxylic acids is 2. The van der Waals surface area contributed by atoms with Gasteiger partial charge in [-0.15, -0.1) is 0 Å². The Morgan fingerprint density at radius 3 is 1.93 bits per heavy atom. The van der Waals surface area contributed by atoms with E-state index < -0.39 is 17.8 Å². The molecule has 8 heterocycles. The molecule has 1 unspecified atom stereocenters. The van der Waals surface area contributed by atoms with Crippen LogP contribution < -0.4 is 29.1 Å². The van der Waals surface area contributed by atoms with Crippen LogP contribution in [0.3, 0.4) is 0 Å². The van der Waals surface area contributed by atoms with Gasteiger partial charge in [0.25, 0.3) is 5.91 Å². The maximum Gasteiger partial charge on any atom is 0.318 e. The number of halogens is 1. The molecule has 4 saturated heterocycles. The number of aryl methyl sites for hydroxylation is 1. The Bertz CT molecular complexity index is 3710. The Morgan fingerprint density at radius 1 is 0.678 bits per heavy atom. The largest absolute Gasteiger partial charge is 0.462 e. The summed E-state index contributed by atoms with van der Waals surface area (Å²) in [6.07, 6.45) is 7.83. The Labute approximate surface area is 510 Å². The second-order valence-corrected chi connectivity index (χ2v) is 24.7. The van der Waals surface area contributed by atoms with E-state index in [9.17, 15) is 24.5 Å². The molecule has 0 spiro atoms. The minimum absolute atomic E-state index is 0.0388. The molecule has 2 aromatic heterocycles. The van der Waals surface area contributed by atoms with Crippen LogP contribution in [0.1, 0.15) is 90.1 Å². The van der Waals surface area contributed by atoms with Crippen LogP contribution in [0.15, 0.2) is 91.8 Å². The lowest BCUT2D eigenvalue weighted by molar-refractivity contribution is -0.131. The van der Waals surface area contributed by atoms with Crippen LogP contribution in [0.4, 0.5) is 27.4 Å². The number of anilines is 4. The Hall–Kier alpha value is -8.39. The second kappa shape index (κ2) is 25.5. The molecule has 0 N–H and O–H groups in total. The van der Waals surface area contributed by atoms with Crippen molar-refractivity contribution in [2.24, 2.45) is 0 Å².